The van der Waals surface area contributed by atoms with Crippen molar-refractivity contribution in [1.82, 2.24) is 10.2 Å². The molecular weight excluding hydrogens is 204 g/mol. The van der Waals surface area contributed by atoms with Crippen LogP contribution in [0.1, 0.15) is 26.2 Å². The summed E-state index contributed by atoms with van der Waals surface area (Å²) < 4.78 is 5.12. The number of carbonyl (C=O) groups is 1. The molecule has 0 saturated carbocycles. The zero-order valence-corrected chi connectivity index (χ0v) is 10.7. The quantitative estimate of drug-likeness (QED) is 0.759. The number of likely N-dealkylation sites (tertiary alicyclic amines) is 1. The number of carbonyl (C=O) groups excluding carboxylic acids is 1. The van der Waals surface area contributed by atoms with Crippen LogP contribution in [0.25, 0.3) is 0 Å². The highest BCUT2D eigenvalue weighted by atomic mass is 16.5. The van der Waals surface area contributed by atoms with Crippen LogP contribution in [-0.4, -0.2) is 50.7 Å². The fraction of sp³-hybridized carbons (Fsp3) is 0.917. The Morgan fingerprint density at radius 3 is 2.94 bits per heavy atom. The molecule has 4 heteroatoms. The average molecular weight is 228 g/mol. The van der Waals surface area contributed by atoms with Gasteiger partial charge in [0.15, 0.2) is 0 Å². The molecular formula is C12H24N2O2. The molecule has 0 aromatic carbocycles. The molecule has 2 unspecified atom stereocenters. The summed E-state index contributed by atoms with van der Waals surface area (Å²) >= 11 is 0. The lowest BCUT2D eigenvalue weighted by Crippen LogP contribution is -2.44. The van der Waals surface area contributed by atoms with Crippen LogP contribution >= 0.6 is 0 Å². The van der Waals surface area contributed by atoms with Crippen LogP contribution in [0.5, 0.6) is 0 Å². The van der Waals surface area contributed by atoms with Gasteiger partial charge in [0.25, 0.3) is 0 Å². The average Bonchev–Trinajstić information content (AvgIpc) is 2.43. The van der Waals surface area contributed by atoms with E-state index in [9.17, 15) is 4.79 Å². The van der Waals surface area contributed by atoms with Crippen LogP contribution in [0.2, 0.25) is 0 Å². The molecule has 1 rings (SSSR count). The number of rotatable bonds is 5. The lowest BCUT2D eigenvalue weighted by Gasteiger charge is -2.26. The Morgan fingerprint density at radius 1 is 1.56 bits per heavy atom. The normalized spacial score (nSPS) is 24.3. The van der Waals surface area contributed by atoms with E-state index in [0.717, 1.165) is 25.9 Å². The first-order valence-electron chi connectivity index (χ1n) is 6.11. The standard InChI is InChI=1S/C12H24N2O2/c1-10-4-5-12(15)14(7-6-10)8-11(13-2)9-16-3/h10-11,13H,4-9H2,1-3H3. The Labute approximate surface area is 98.3 Å². The van der Waals surface area contributed by atoms with E-state index in [4.69, 9.17) is 4.74 Å². The number of nitrogens with zero attached hydrogens (tertiary/aromatic N) is 1. The predicted octanol–water partition coefficient (Wildman–Crippen LogP) is 0.869. The number of ether oxygens (including phenoxy) is 1. The summed E-state index contributed by atoms with van der Waals surface area (Å²) in [6.45, 7) is 4.52. The minimum absolute atomic E-state index is 0.238. The second kappa shape index (κ2) is 6.86. The first-order chi connectivity index (χ1) is 7.67. The van der Waals surface area contributed by atoms with E-state index in [1.54, 1.807) is 7.11 Å². The summed E-state index contributed by atoms with van der Waals surface area (Å²) in [7, 11) is 3.60. The zero-order chi connectivity index (χ0) is 12.0. The first kappa shape index (κ1) is 13.5. The molecule has 94 valence electrons. The van der Waals surface area contributed by atoms with E-state index in [1.807, 2.05) is 11.9 Å². The van der Waals surface area contributed by atoms with Crippen LogP contribution in [0.15, 0.2) is 0 Å². The summed E-state index contributed by atoms with van der Waals surface area (Å²) in [5.74, 6) is 0.963. The maximum absolute atomic E-state index is 11.9. The van der Waals surface area contributed by atoms with Gasteiger partial charge in [-0.15, -0.1) is 0 Å². The number of likely N-dealkylation sites (N-methyl/N-ethyl adjacent to an activating group) is 1. The van der Waals surface area contributed by atoms with Crippen molar-refractivity contribution in [3.63, 3.8) is 0 Å². The fourth-order valence-corrected chi connectivity index (χ4v) is 2.06. The molecule has 0 aromatic heterocycles. The molecule has 1 N–H and O–H groups in total. The molecule has 1 fully saturated rings. The third-order valence-corrected chi connectivity index (χ3v) is 3.31. The van der Waals surface area contributed by atoms with Gasteiger partial charge in [-0.25, -0.2) is 0 Å². The van der Waals surface area contributed by atoms with Crippen molar-refractivity contribution in [2.24, 2.45) is 5.92 Å². The fourth-order valence-electron chi connectivity index (χ4n) is 2.06. The largest absolute Gasteiger partial charge is 0.383 e. The van der Waals surface area contributed by atoms with Crippen molar-refractivity contribution in [2.75, 3.05) is 33.9 Å². The molecule has 0 radical (unpaired) electrons. The van der Waals surface area contributed by atoms with Crippen molar-refractivity contribution in [1.29, 1.82) is 0 Å². The van der Waals surface area contributed by atoms with E-state index in [0.29, 0.717) is 24.9 Å². The third-order valence-electron chi connectivity index (χ3n) is 3.31. The summed E-state index contributed by atoms with van der Waals surface area (Å²) in [4.78, 5) is 13.8. The zero-order valence-electron chi connectivity index (χ0n) is 10.7. The topological polar surface area (TPSA) is 41.6 Å². The molecule has 2 atom stereocenters. The molecule has 16 heavy (non-hydrogen) atoms. The van der Waals surface area contributed by atoms with E-state index in [2.05, 4.69) is 12.2 Å². The maximum atomic E-state index is 11.9. The van der Waals surface area contributed by atoms with E-state index < -0.39 is 0 Å². The van der Waals surface area contributed by atoms with Crippen molar-refractivity contribution >= 4 is 5.91 Å². The summed E-state index contributed by atoms with van der Waals surface area (Å²) in [6.07, 6.45) is 2.85. The minimum atomic E-state index is 0.238. The predicted molar refractivity (Wildman–Crippen MR) is 64.3 cm³/mol. The molecule has 0 spiro atoms. The molecule has 0 bridgehead atoms. The van der Waals surface area contributed by atoms with Crippen LogP contribution < -0.4 is 5.32 Å². The van der Waals surface area contributed by atoms with Crippen molar-refractivity contribution in [2.45, 2.75) is 32.2 Å². The van der Waals surface area contributed by atoms with Crippen molar-refractivity contribution in [3.8, 4) is 0 Å². The molecule has 0 aromatic rings. The van der Waals surface area contributed by atoms with Gasteiger partial charge in [0.05, 0.1) is 6.61 Å². The Bertz CT molecular complexity index is 221. The van der Waals surface area contributed by atoms with Gasteiger partial charge in [0.1, 0.15) is 0 Å². The van der Waals surface area contributed by atoms with Gasteiger partial charge in [-0.05, 0) is 25.8 Å². The van der Waals surface area contributed by atoms with Gasteiger partial charge < -0.3 is 15.0 Å². The molecule has 1 aliphatic rings. The van der Waals surface area contributed by atoms with Crippen LogP contribution in [-0.2, 0) is 9.53 Å². The Morgan fingerprint density at radius 2 is 2.31 bits per heavy atom. The molecule has 1 saturated heterocycles. The third kappa shape index (κ3) is 4.10. The van der Waals surface area contributed by atoms with Crippen molar-refractivity contribution < 1.29 is 9.53 Å². The SMILES string of the molecule is CNC(COC)CN1CCC(C)CCC1=O. The van der Waals surface area contributed by atoms with E-state index >= 15 is 0 Å². The first-order valence-corrected chi connectivity index (χ1v) is 6.11. The van der Waals surface area contributed by atoms with Gasteiger partial charge in [0.2, 0.25) is 5.91 Å². The van der Waals surface area contributed by atoms with Gasteiger partial charge in [-0.2, -0.15) is 0 Å². The number of hydrogen-bond donors (Lipinski definition) is 1. The lowest BCUT2D eigenvalue weighted by molar-refractivity contribution is -0.131. The summed E-state index contributed by atoms with van der Waals surface area (Å²) in [5, 5.41) is 3.18. The van der Waals surface area contributed by atoms with E-state index in [1.165, 1.54) is 0 Å². The molecule has 1 aliphatic heterocycles. The van der Waals surface area contributed by atoms with E-state index in [-0.39, 0.29) is 6.04 Å². The highest BCUT2D eigenvalue weighted by Gasteiger charge is 2.22. The minimum Gasteiger partial charge on any atom is -0.383 e. The van der Waals surface area contributed by atoms with Gasteiger partial charge in [-0.1, -0.05) is 6.92 Å². The summed E-state index contributed by atoms with van der Waals surface area (Å²) in [5.41, 5.74) is 0. The number of amides is 1. The highest BCUT2D eigenvalue weighted by Crippen LogP contribution is 2.17. The second-order valence-corrected chi connectivity index (χ2v) is 4.71. The van der Waals surface area contributed by atoms with Gasteiger partial charge >= 0.3 is 0 Å². The van der Waals surface area contributed by atoms with Crippen LogP contribution in [0, 0.1) is 5.92 Å². The monoisotopic (exact) mass is 228 g/mol. The smallest absolute Gasteiger partial charge is 0.222 e. The molecule has 0 aliphatic carbocycles. The van der Waals surface area contributed by atoms with Crippen LogP contribution in [0.4, 0.5) is 0 Å². The second-order valence-electron chi connectivity index (χ2n) is 4.71. The molecule has 4 nitrogen and oxygen atoms in total. The van der Waals surface area contributed by atoms with Crippen LogP contribution in [0.3, 0.4) is 0 Å². The molecule has 1 heterocycles. The Hall–Kier alpha value is -0.610. The maximum Gasteiger partial charge on any atom is 0.222 e. The Balaban J connectivity index is 2.46. The number of hydrogen-bond acceptors (Lipinski definition) is 3. The molecule has 1 amide bonds. The lowest BCUT2D eigenvalue weighted by atomic mass is 10.0. The van der Waals surface area contributed by atoms with Crippen molar-refractivity contribution in [3.05, 3.63) is 0 Å². The highest BCUT2D eigenvalue weighted by molar-refractivity contribution is 5.76. The summed E-state index contributed by atoms with van der Waals surface area (Å²) in [6, 6.07) is 0.238. The number of methoxy groups -OCH3 is 1. The van der Waals surface area contributed by atoms with Gasteiger partial charge in [0, 0.05) is 32.7 Å². The van der Waals surface area contributed by atoms with Gasteiger partial charge in [-0.3, -0.25) is 4.79 Å². The number of nitrogens with one attached hydrogen (secondary N) is 1. The Kier molecular flexibility index (Phi) is 5.77.